The third-order valence-electron chi connectivity index (χ3n) is 4.83. The lowest BCUT2D eigenvalue weighted by Gasteiger charge is -2.27. The van der Waals surface area contributed by atoms with E-state index in [2.05, 4.69) is 10.2 Å². The fourth-order valence-electron chi connectivity index (χ4n) is 3.30. The summed E-state index contributed by atoms with van der Waals surface area (Å²) >= 11 is 12.7. The molecule has 162 valence electrons. The third-order valence-corrected chi connectivity index (χ3v) is 6.50. The van der Waals surface area contributed by atoms with Crippen molar-refractivity contribution in [2.24, 2.45) is 0 Å². The molecule has 0 spiro atoms. The molecule has 1 aromatic heterocycles. The van der Waals surface area contributed by atoms with Gasteiger partial charge < -0.3 is 19.7 Å². The first-order valence-corrected chi connectivity index (χ1v) is 11.6. The van der Waals surface area contributed by atoms with E-state index in [-0.39, 0.29) is 32.9 Å². The summed E-state index contributed by atoms with van der Waals surface area (Å²) in [5, 5.41) is 12.0. The molecule has 0 saturated carbocycles. The number of carboxylic acid groups (broad SMARTS) is 1. The van der Waals surface area contributed by atoms with Crippen LogP contribution in [0.1, 0.15) is 27.2 Å². The first kappa shape index (κ1) is 22.6. The Bertz CT molecular complexity index is 1110. The summed E-state index contributed by atoms with van der Waals surface area (Å²) in [5.41, 5.74) is 1.76. The lowest BCUT2D eigenvalue weighted by Crippen LogP contribution is -2.42. The largest absolute Gasteiger partial charge is 0.480 e. The Morgan fingerprint density at radius 1 is 1.33 bits per heavy atom. The first-order chi connectivity index (χ1) is 14.0. The van der Waals surface area contributed by atoms with E-state index >= 15 is 0 Å². The lowest BCUT2D eigenvalue weighted by atomic mass is 9.96. The monoisotopic (exact) mass is 474 g/mol. The maximum Gasteiger partial charge on any atom is 0.326 e. The van der Waals surface area contributed by atoms with Crippen molar-refractivity contribution >= 4 is 44.9 Å². The third kappa shape index (κ3) is 4.80. The average Bonchev–Trinajstić information content (AvgIpc) is 3.09. The molecule has 1 aliphatic rings. The lowest BCUT2D eigenvalue weighted by molar-refractivity contribution is -0.139. The smallest absolute Gasteiger partial charge is 0.326 e. The van der Waals surface area contributed by atoms with Crippen LogP contribution in [0.3, 0.4) is 0 Å². The van der Waals surface area contributed by atoms with Gasteiger partial charge in [-0.05, 0) is 42.8 Å². The Morgan fingerprint density at radius 2 is 2.03 bits per heavy atom. The van der Waals surface area contributed by atoms with Crippen molar-refractivity contribution in [3.63, 3.8) is 0 Å². The Balaban J connectivity index is 1.84. The number of fused-ring (bicyclic) bond motifs is 1. The van der Waals surface area contributed by atoms with Crippen molar-refractivity contribution in [3.05, 3.63) is 50.7 Å². The maximum atomic E-state index is 12.8. The van der Waals surface area contributed by atoms with E-state index in [1.54, 1.807) is 6.07 Å². The molecular weight excluding hydrogens is 455 g/mol. The van der Waals surface area contributed by atoms with Crippen LogP contribution < -0.4 is 5.32 Å². The SMILES string of the molecule is CN1CCc2c(cc(Cl)c(C(=O)N[C@@H](Cc3ccc(S(C)(=O)=O)o3)C(=O)O)c2Cl)C1. The molecule has 0 bridgehead atoms. The number of carbonyl (C=O) groups excluding carboxylic acids is 1. The van der Waals surface area contributed by atoms with Gasteiger partial charge in [0.25, 0.3) is 5.91 Å². The molecule has 2 heterocycles. The maximum absolute atomic E-state index is 12.8. The highest BCUT2D eigenvalue weighted by Gasteiger charge is 2.28. The van der Waals surface area contributed by atoms with E-state index < -0.39 is 27.8 Å². The van der Waals surface area contributed by atoms with Gasteiger partial charge in [0.05, 0.1) is 15.6 Å². The zero-order valence-electron chi connectivity index (χ0n) is 16.2. The normalized spacial score (nSPS) is 15.5. The van der Waals surface area contributed by atoms with Crippen molar-refractivity contribution in [2.45, 2.75) is 30.5 Å². The van der Waals surface area contributed by atoms with E-state index in [0.29, 0.717) is 13.0 Å². The van der Waals surface area contributed by atoms with Gasteiger partial charge in [0, 0.05) is 25.8 Å². The van der Waals surface area contributed by atoms with Crippen LogP contribution in [0.5, 0.6) is 0 Å². The summed E-state index contributed by atoms with van der Waals surface area (Å²) in [6, 6.07) is 2.90. The summed E-state index contributed by atoms with van der Waals surface area (Å²) in [5.74, 6) is -1.93. The number of amides is 1. The van der Waals surface area contributed by atoms with Gasteiger partial charge in [-0.3, -0.25) is 4.79 Å². The molecule has 2 aromatic rings. The van der Waals surface area contributed by atoms with E-state index in [4.69, 9.17) is 27.6 Å². The molecule has 1 amide bonds. The number of hydrogen-bond acceptors (Lipinski definition) is 6. The van der Waals surface area contributed by atoms with Crippen LogP contribution in [0.15, 0.2) is 27.7 Å². The Morgan fingerprint density at radius 3 is 2.63 bits per heavy atom. The fourth-order valence-corrected chi connectivity index (χ4v) is 4.64. The highest BCUT2D eigenvalue weighted by Crippen LogP contribution is 2.34. The van der Waals surface area contributed by atoms with Crippen molar-refractivity contribution in [1.29, 1.82) is 0 Å². The van der Waals surface area contributed by atoms with Crippen LogP contribution in [-0.4, -0.2) is 56.2 Å². The van der Waals surface area contributed by atoms with E-state index in [0.717, 1.165) is 23.9 Å². The van der Waals surface area contributed by atoms with Crippen LogP contribution in [0, 0.1) is 0 Å². The predicted octanol–water partition coefficient (Wildman–Crippen LogP) is 2.40. The van der Waals surface area contributed by atoms with Gasteiger partial charge in [-0.2, -0.15) is 0 Å². The van der Waals surface area contributed by atoms with E-state index in [9.17, 15) is 23.1 Å². The van der Waals surface area contributed by atoms with Gasteiger partial charge in [0.2, 0.25) is 14.9 Å². The number of nitrogens with one attached hydrogen (secondary N) is 1. The van der Waals surface area contributed by atoms with Crippen LogP contribution in [0.2, 0.25) is 10.0 Å². The Hall–Kier alpha value is -2.07. The molecule has 1 atom stereocenters. The highest BCUT2D eigenvalue weighted by molar-refractivity contribution is 7.90. The number of halogens is 2. The van der Waals surface area contributed by atoms with Crippen LogP contribution in [0.4, 0.5) is 0 Å². The second-order valence-electron chi connectivity index (χ2n) is 7.23. The minimum atomic E-state index is -3.57. The van der Waals surface area contributed by atoms with Gasteiger partial charge in [0.15, 0.2) is 0 Å². The molecule has 3 rings (SSSR count). The Kier molecular flexibility index (Phi) is 6.47. The van der Waals surface area contributed by atoms with Crippen molar-refractivity contribution < 1.29 is 27.5 Å². The molecule has 0 radical (unpaired) electrons. The molecule has 0 fully saturated rings. The molecule has 0 aliphatic carbocycles. The number of hydrogen-bond donors (Lipinski definition) is 2. The minimum absolute atomic E-state index is 0.0177. The molecule has 1 aromatic carbocycles. The summed E-state index contributed by atoms with van der Waals surface area (Å²) in [6.45, 7) is 1.42. The summed E-state index contributed by atoms with van der Waals surface area (Å²) in [6.07, 6.45) is 1.37. The first-order valence-electron chi connectivity index (χ1n) is 8.98. The number of sulfone groups is 1. The van der Waals surface area contributed by atoms with E-state index in [1.807, 2.05) is 7.05 Å². The predicted molar refractivity (Wildman–Crippen MR) is 111 cm³/mol. The number of likely N-dealkylation sites (N-methyl/N-ethyl adjacent to an activating group) is 1. The average molecular weight is 475 g/mol. The van der Waals surface area contributed by atoms with Crippen molar-refractivity contribution in [1.82, 2.24) is 10.2 Å². The van der Waals surface area contributed by atoms with Crippen LogP contribution in [-0.2, 0) is 34.0 Å². The standard InChI is InChI=1S/C19H20Cl2N2O6S/c1-23-6-5-12-10(9-23)7-13(20)16(17(12)21)18(24)22-14(19(25)26)8-11-3-4-15(29-11)30(2,27)28/h3-4,7,14H,5-6,8-9H2,1-2H3,(H,22,24)(H,25,26)/t14-/m0/s1. The summed E-state index contributed by atoms with van der Waals surface area (Å²) < 4.78 is 28.2. The zero-order valence-corrected chi connectivity index (χ0v) is 18.6. The number of benzene rings is 1. The number of aliphatic carboxylic acids is 1. The second kappa shape index (κ2) is 8.58. The number of furan rings is 1. The molecule has 1 aliphatic heterocycles. The second-order valence-corrected chi connectivity index (χ2v) is 9.97. The topological polar surface area (TPSA) is 117 Å². The van der Waals surface area contributed by atoms with Crippen LogP contribution in [0.25, 0.3) is 0 Å². The summed E-state index contributed by atoms with van der Waals surface area (Å²) in [7, 11) is -1.60. The number of carboxylic acids is 1. The molecule has 11 heteroatoms. The van der Waals surface area contributed by atoms with Crippen molar-refractivity contribution in [2.75, 3.05) is 19.8 Å². The van der Waals surface area contributed by atoms with Gasteiger partial charge in [0.1, 0.15) is 11.8 Å². The molecule has 30 heavy (non-hydrogen) atoms. The molecule has 0 saturated heterocycles. The summed E-state index contributed by atoms with van der Waals surface area (Å²) in [4.78, 5) is 26.6. The van der Waals surface area contributed by atoms with Crippen molar-refractivity contribution in [3.8, 4) is 0 Å². The van der Waals surface area contributed by atoms with Gasteiger partial charge in [-0.1, -0.05) is 23.2 Å². The molecular formula is C19H20Cl2N2O6S. The Labute approximate surface area is 183 Å². The molecule has 8 nitrogen and oxygen atoms in total. The highest BCUT2D eigenvalue weighted by atomic mass is 35.5. The number of nitrogens with zero attached hydrogens (tertiary/aromatic N) is 1. The zero-order chi connectivity index (χ0) is 22.2. The number of rotatable bonds is 6. The number of carbonyl (C=O) groups is 2. The molecule has 2 N–H and O–H groups in total. The van der Waals surface area contributed by atoms with Crippen LogP contribution >= 0.6 is 23.2 Å². The minimum Gasteiger partial charge on any atom is -0.480 e. The fraction of sp³-hybridized carbons (Fsp3) is 0.368. The van der Waals surface area contributed by atoms with E-state index in [1.165, 1.54) is 12.1 Å². The molecule has 0 unspecified atom stereocenters. The van der Waals surface area contributed by atoms with Gasteiger partial charge in [-0.15, -0.1) is 0 Å². The quantitative estimate of drug-likeness (QED) is 0.659. The van der Waals surface area contributed by atoms with Gasteiger partial charge >= 0.3 is 5.97 Å². The van der Waals surface area contributed by atoms with Gasteiger partial charge in [-0.25, -0.2) is 13.2 Å².